The normalized spacial score (nSPS) is 13.1. The fraction of sp³-hybridized carbons (Fsp3) is 0.258. The summed E-state index contributed by atoms with van der Waals surface area (Å²) in [5.41, 5.74) is 1.49. The largest absolute Gasteiger partial charge is 0.438 e. The van der Waals surface area contributed by atoms with Gasteiger partial charge in [-0.05, 0) is 79.9 Å². The quantitative estimate of drug-likeness (QED) is 0.172. The van der Waals surface area contributed by atoms with Gasteiger partial charge in [0.1, 0.15) is 5.75 Å². The summed E-state index contributed by atoms with van der Waals surface area (Å²) in [4.78, 5) is 39.4. The van der Waals surface area contributed by atoms with Crippen LogP contribution in [-0.2, 0) is 11.0 Å². The number of urea groups is 1. The van der Waals surface area contributed by atoms with E-state index in [1.54, 1.807) is 49.6 Å². The summed E-state index contributed by atoms with van der Waals surface area (Å²) in [7, 11) is 0. The Labute approximate surface area is 251 Å². The lowest BCUT2D eigenvalue weighted by molar-refractivity contribution is -0.137. The van der Waals surface area contributed by atoms with Crippen LogP contribution in [0.25, 0.3) is 11.3 Å². The summed E-state index contributed by atoms with van der Waals surface area (Å²) in [5.74, 6) is 1.45. The minimum atomic E-state index is -4.52. The van der Waals surface area contributed by atoms with E-state index in [4.69, 9.17) is 4.74 Å². The molecule has 0 atom stereocenters. The molecule has 228 valence electrons. The summed E-state index contributed by atoms with van der Waals surface area (Å²) in [6, 6.07) is 14.0. The van der Waals surface area contributed by atoms with Crippen LogP contribution in [0.4, 0.5) is 35.3 Å². The monoisotopic (exact) mass is 605 g/mol. The molecule has 3 heterocycles. The number of amides is 3. The number of rotatable bonds is 10. The summed E-state index contributed by atoms with van der Waals surface area (Å²) < 4.78 is 45.1. The average molecular weight is 606 g/mol. The number of hydrogen-bond donors (Lipinski definition) is 3. The Balaban J connectivity index is 1.21. The number of aryl methyl sites for hydroxylation is 1. The third kappa shape index (κ3) is 7.79. The zero-order valence-corrected chi connectivity index (χ0v) is 23.8. The lowest BCUT2D eigenvalue weighted by Crippen LogP contribution is -2.27. The van der Waals surface area contributed by atoms with Gasteiger partial charge < -0.3 is 25.6 Å². The second-order valence-corrected chi connectivity index (χ2v) is 10.1. The summed E-state index contributed by atoms with van der Waals surface area (Å²) in [6.07, 6.45) is 1.04. The second-order valence-electron chi connectivity index (χ2n) is 10.1. The maximum Gasteiger partial charge on any atom is 0.416 e. The van der Waals surface area contributed by atoms with E-state index in [1.165, 1.54) is 12.1 Å². The van der Waals surface area contributed by atoms with Crippen LogP contribution < -0.4 is 20.7 Å². The molecule has 3 amide bonds. The molecule has 1 aliphatic rings. The average Bonchev–Trinajstić information content (AvgIpc) is 3.41. The van der Waals surface area contributed by atoms with Gasteiger partial charge >= 0.3 is 12.2 Å². The van der Waals surface area contributed by atoms with Crippen molar-refractivity contribution >= 4 is 29.3 Å². The summed E-state index contributed by atoms with van der Waals surface area (Å²) in [5, 5.41) is 8.24. The Kier molecular flexibility index (Phi) is 9.22. The molecule has 0 bridgehead atoms. The number of anilines is 3. The van der Waals surface area contributed by atoms with Crippen LogP contribution in [0.5, 0.6) is 11.6 Å². The number of pyridine rings is 1. The lowest BCUT2D eigenvalue weighted by atomic mass is 10.2. The first-order valence-corrected chi connectivity index (χ1v) is 14.0. The molecule has 2 aromatic heterocycles. The zero-order valence-electron chi connectivity index (χ0n) is 23.8. The number of benzene rings is 2. The molecule has 1 fully saturated rings. The number of alkyl halides is 3. The molecule has 0 radical (unpaired) electrons. The minimum absolute atomic E-state index is 0.0123. The van der Waals surface area contributed by atoms with Crippen molar-refractivity contribution in [2.24, 2.45) is 0 Å². The Morgan fingerprint density at radius 2 is 1.82 bits per heavy atom. The predicted molar refractivity (Wildman–Crippen MR) is 160 cm³/mol. The maximum atomic E-state index is 13.0. The van der Waals surface area contributed by atoms with E-state index in [0.29, 0.717) is 59.6 Å². The first-order chi connectivity index (χ1) is 21.2. The Morgan fingerprint density at radius 1 is 1.00 bits per heavy atom. The number of carbonyl (C=O) groups excluding carboxylic acids is 2. The molecule has 10 nitrogen and oxygen atoms in total. The molecule has 5 rings (SSSR count). The molecule has 4 aromatic rings. The van der Waals surface area contributed by atoms with Gasteiger partial charge in [-0.25, -0.2) is 19.7 Å². The Hall–Kier alpha value is -5.20. The van der Waals surface area contributed by atoms with Crippen molar-refractivity contribution < 1.29 is 27.5 Å². The van der Waals surface area contributed by atoms with Crippen LogP contribution in [-0.4, -0.2) is 51.4 Å². The Morgan fingerprint density at radius 3 is 2.57 bits per heavy atom. The van der Waals surface area contributed by atoms with Crippen LogP contribution in [0, 0.1) is 6.92 Å². The van der Waals surface area contributed by atoms with Crippen LogP contribution in [0.1, 0.15) is 30.4 Å². The highest BCUT2D eigenvalue weighted by atomic mass is 19.4. The van der Waals surface area contributed by atoms with Crippen LogP contribution in [0.2, 0.25) is 0 Å². The first-order valence-electron chi connectivity index (χ1n) is 14.0. The van der Waals surface area contributed by atoms with Crippen molar-refractivity contribution in [3.63, 3.8) is 0 Å². The van der Waals surface area contributed by atoms with Crippen molar-refractivity contribution in [3.8, 4) is 22.9 Å². The van der Waals surface area contributed by atoms with E-state index in [-0.39, 0.29) is 11.6 Å². The third-order valence-corrected chi connectivity index (χ3v) is 6.85. The minimum Gasteiger partial charge on any atom is -0.438 e. The number of ether oxygens (including phenoxy) is 1. The van der Waals surface area contributed by atoms with Gasteiger partial charge in [0.2, 0.25) is 17.7 Å². The van der Waals surface area contributed by atoms with E-state index in [9.17, 15) is 22.8 Å². The number of carbonyl (C=O) groups is 2. The molecule has 0 saturated carbocycles. The van der Waals surface area contributed by atoms with Gasteiger partial charge in [-0.2, -0.15) is 13.2 Å². The number of halogens is 3. The highest BCUT2D eigenvalue weighted by Crippen LogP contribution is 2.33. The van der Waals surface area contributed by atoms with Crippen LogP contribution in [0.15, 0.2) is 73.1 Å². The number of aromatic nitrogens is 3. The van der Waals surface area contributed by atoms with Crippen molar-refractivity contribution in [1.29, 1.82) is 0 Å². The molecule has 1 aliphatic heterocycles. The zero-order chi connectivity index (χ0) is 31.1. The molecule has 3 N–H and O–H groups in total. The molecule has 0 unspecified atom stereocenters. The Bertz CT molecular complexity index is 1650. The molecule has 1 saturated heterocycles. The maximum absolute atomic E-state index is 13.0. The van der Waals surface area contributed by atoms with Crippen LogP contribution >= 0.6 is 0 Å². The topological polar surface area (TPSA) is 121 Å². The van der Waals surface area contributed by atoms with Crippen molar-refractivity contribution in [1.82, 2.24) is 19.9 Å². The fourth-order valence-corrected chi connectivity index (χ4v) is 4.68. The predicted octanol–water partition coefficient (Wildman–Crippen LogP) is 6.73. The van der Waals surface area contributed by atoms with Crippen LogP contribution in [0.3, 0.4) is 0 Å². The number of nitrogens with zero attached hydrogens (tertiary/aromatic N) is 4. The van der Waals surface area contributed by atoms with Gasteiger partial charge in [0.15, 0.2) is 0 Å². The molecule has 0 aliphatic carbocycles. The van der Waals surface area contributed by atoms with E-state index < -0.39 is 17.8 Å². The molecule has 44 heavy (non-hydrogen) atoms. The standard InChI is InChI=1S/C31H30F3N7O3/c1-20-18-23(39-30(43)38-22-7-2-6-21(19-22)31(32,33)34)10-11-26(20)44-28-24(8-3-13-35-28)25-12-15-37-29(40-25)36-14-5-17-41-16-4-9-27(41)42/h2-3,6-8,10-13,15,18-19H,4-5,9,14,16-17H2,1H3,(H,36,37,40)(H2,38,39,43). The highest BCUT2D eigenvalue weighted by Gasteiger charge is 2.30. The number of likely N-dealkylation sites (tertiary alicyclic amines) is 1. The fourth-order valence-electron chi connectivity index (χ4n) is 4.68. The van der Waals surface area contributed by atoms with Gasteiger partial charge in [-0.1, -0.05) is 6.07 Å². The highest BCUT2D eigenvalue weighted by molar-refractivity contribution is 5.99. The van der Waals surface area contributed by atoms with Crippen molar-refractivity contribution in [3.05, 3.63) is 84.2 Å². The SMILES string of the molecule is Cc1cc(NC(=O)Nc2cccc(C(F)(F)F)c2)ccc1Oc1ncccc1-c1ccnc(NCCCN2CCCC2=O)n1. The van der Waals surface area contributed by atoms with E-state index >= 15 is 0 Å². The summed E-state index contributed by atoms with van der Waals surface area (Å²) in [6.45, 7) is 3.91. The van der Waals surface area contributed by atoms with Gasteiger partial charge in [0.05, 0.1) is 16.8 Å². The third-order valence-electron chi connectivity index (χ3n) is 6.85. The molecule has 13 heteroatoms. The van der Waals surface area contributed by atoms with Gasteiger partial charge in [0.25, 0.3) is 0 Å². The van der Waals surface area contributed by atoms with Gasteiger partial charge in [-0.3, -0.25) is 4.79 Å². The van der Waals surface area contributed by atoms with E-state index in [2.05, 4.69) is 30.9 Å². The molecular formula is C31H30F3N7O3. The number of nitrogens with one attached hydrogen (secondary N) is 3. The summed E-state index contributed by atoms with van der Waals surface area (Å²) >= 11 is 0. The van der Waals surface area contributed by atoms with Gasteiger partial charge in [-0.15, -0.1) is 0 Å². The smallest absolute Gasteiger partial charge is 0.416 e. The van der Waals surface area contributed by atoms with Crippen molar-refractivity contribution in [2.45, 2.75) is 32.4 Å². The molecule has 2 aromatic carbocycles. The van der Waals surface area contributed by atoms with Crippen molar-refractivity contribution in [2.75, 3.05) is 35.6 Å². The second kappa shape index (κ2) is 13.4. The van der Waals surface area contributed by atoms with E-state index in [1.807, 2.05) is 11.0 Å². The molecule has 0 spiro atoms. The lowest BCUT2D eigenvalue weighted by Gasteiger charge is -2.15. The first kappa shape index (κ1) is 30.3. The van der Waals surface area contributed by atoms with Gasteiger partial charge in [0, 0.05) is 49.8 Å². The number of hydrogen-bond acceptors (Lipinski definition) is 7. The molecular weight excluding hydrogens is 575 g/mol. The van der Waals surface area contributed by atoms with E-state index in [0.717, 1.165) is 31.5 Å².